The van der Waals surface area contributed by atoms with Crippen molar-refractivity contribution in [2.24, 2.45) is 0 Å². The maximum atomic E-state index is 12.4. The molecule has 0 heterocycles. The maximum Gasteiger partial charge on any atom is 0.387 e. The quantitative estimate of drug-likeness (QED) is 0.800. The molecule has 0 aromatic heterocycles. The number of likely N-dealkylation sites (N-methyl/N-ethyl adjacent to an activating group) is 1. The standard InChI is InChI=1S/C13H18F2N2O3/c1-8(16-2)7-17-12(18)9-5-4-6-10(19-3)11(9)20-13(14)15/h4-6,8,13,16H,7H2,1-3H3,(H,17,18). The highest BCUT2D eigenvalue weighted by Crippen LogP contribution is 2.32. The Labute approximate surface area is 116 Å². The van der Waals surface area contributed by atoms with Gasteiger partial charge in [0.15, 0.2) is 11.5 Å². The van der Waals surface area contributed by atoms with E-state index in [9.17, 15) is 13.6 Å². The molecule has 0 aliphatic carbocycles. The number of amides is 1. The fourth-order valence-electron chi connectivity index (χ4n) is 1.51. The number of nitrogens with one attached hydrogen (secondary N) is 2. The zero-order valence-electron chi connectivity index (χ0n) is 11.6. The van der Waals surface area contributed by atoms with Gasteiger partial charge in [0.1, 0.15) is 0 Å². The van der Waals surface area contributed by atoms with Crippen LogP contribution in [0.1, 0.15) is 17.3 Å². The zero-order chi connectivity index (χ0) is 15.1. The molecule has 20 heavy (non-hydrogen) atoms. The van der Waals surface area contributed by atoms with Gasteiger partial charge in [-0.05, 0) is 26.1 Å². The van der Waals surface area contributed by atoms with E-state index in [4.69, 9.17) is 4.74 Å². The molecule has 1 aromatic carbocycles. The average molecular weight is 288 g/mol. The first-order valence-corrected chi connectivity index (χ1v) is 6.06. The van der Waals surface area contributed by atoms with E-state index in [-0.39, 0.29) is 23.1 Å². The summed E-state index contributed by atoms with van der Waals surface area (Å²) >= 11 is 0. The molecule has 0 fully saturated rings. The Bertz CT molecular complexity index is 455. The first-order chi connectivity index (χ1) is 9.49. The van der Waals surface area contributed by atoms with Crippen LogP contribution in [0.15, 0.2) is 18.2 Å². The first kappa shape index (κ1) is 16.2. The van der Waals surface area contributed by atoms with Crippen LogP contribution >= 0.6 is 0 Å². The van der Waals surface area contributed by atoms with Gasteiger partial charge in [0.05, 0.1) is 12.7 Å². The highest BCUT2D eigenvalue weighted by Gasteiger charge is 2.20. The van der Waals surface area contributed by atoms with E-state index in [1.807, 2.05) is 6.92 Å². The van der Waals surface area contributed by atoms with Gasteiger partial charge in [0.25, 0.3) is 5.91 Å². The summed E-state index contributed by atoms with van der Waals surface area (Å²) in [5.74, 6) is -0.680. The van der Waals surface area contributed by atoms with Crippen molar-refractivity contribution in [1.82, 2.24) is 10.6 Å². The lowest BCUT2D eigenvalue weighted by molar-refractivity contribution is -0.0515. The van der Waals surface area contributed by atoms with E-state index in [1.165, 1.54) is 25.3 Å². The number of carbonyl (C=O) groups is 1. The number of para-hydroxylation sites is 1. The highest BCUT2D eigenvalue weighted by atomic mass is 19.3. The molecule has 0 aliphatic rings. The largest absolute Gasteiger partial charge is 0.493 e. The van der Waals surface area contributed by atoms with Gasteiger partial charge < -0.3 is 20.1 Å². The van der Waals surface area contributed by atoms with Gasteiger partial charge in [-0.25, -0.2) is 0 Å². The number of rotatable bonds is 7. The van der Waals surface area contributed by atoms with Crippen LogP contribution in [0.5, 0.6) is 11.5 Å². The number of alkyl halides is 2. The lowest BCUT2D eigenvalue weighted by Crippen LogP contribution is -2.37. The number of carbonyl (C=O) groups excluding carboxylic acids is 1. The summed E-state index contributed by atoms with van der Waals surface area (Å²) in [6, 6.07) is 4.45. The van der Waals surface area contributed by atoms with E-state index in [1.54, 1.807) is 7.05 Å². The van der Waals surface area contributed by atoms with Crippen molar-refractivity contribution < 1.29 is 23.0 Å². The molecule has 112 valence electrons. The van der Waals surface area contributed by atoms with Crippen molar-refractivity contribution in [3.05, 3.63) is 23.8 Å². The summed E-state index contributed by atoms with van der Waals surface area (Å²) in [6.07, 6.45) is 0. The van der Waals surface area contributed by atoms with Crippen LogP contribution in [-0.4, -0.2) is 39.3 Å². The van der Waals surface area contributed by atoms with Crippen molar-refractivity contribution in [3.63, 3.8) is 0 Å². The first-order valence-electron chi connectivity index (χ1n) is 6.06. The number of ether oxygens (including phenoxy) is 2. The van der Waals surface area contributed by atoms with E-state index in [0.717, 1.165) is 0 Å². The second-order valence-corrected chi connectivity index (χ2v) is 4.12. The fourth-order valence-corrected chi connectivity index (χ4v) is 1.51. The monoisotopic (exact) mass is 288 g/mol. The van der Waals surface area contributed by atoms with Crippen molar-refractivity contribution >= 4 is 5.91 Å². The van der Waals surface area contributed by atoms with Crippen molar-refractivity contribution in [2.75, 3.05) is 20.7 Å². The third kappa shape index (κ3) is 4.34. The number of benzene rings is 1. The van der Waals surface area contributed by atoms with Crippen LogP contribution in [0.3, 0.4) is 0 Å². The number of hydrogen-bond donors (Lipinski definition) is 2. The van der Waals surface area contributed by atoms with Crippen LogP contribution in [0, 0.1) is 0 Å². The minimum Gasteiger partial charge on any atom is -0.493 e. The molecule has 0 spiro atoms. The summed E-state index contributed by atoms with van der Waals surface area (Å²) in [7, 11) is 3.08. The lowest BCUT2D eigenvalue weighted by Gasteiger charge is -2.15. The Kier molecular flexibility index (Phi) is 6.17. The molecule has 1 unspecified atom stereocenters. The molecular formula is C13H18F2N2O3. The smallest absolute Gasteiger partial charge is 0.387 e. The summed E-state index contributed by atoms with van der Waals surface area (Å²) in [6.45, 7) is -0.794. The summed E-state index contributed by atoms with van der Waals surface area (Å²) < 4.78 is 34.2. The predicted octanol–water partition coefficient (Wildman–Crippen LogP) is 1.63. The van der Waals surface area contributed by atoms with Crippen LogP contribution in [-0.2, 0) is 0 Å². The van der Waals surface area contributed by atoms with Crippen molar-refractivity contribution in [1.29, 1.82) is 0 Å². The lowest BCUT2D eigenvalue weighted by atomic mass is 10.1. The van der Waals surface area contributed by atoms with Crippen LogP contribution in [0.25, 0.3) is 0 Å². The summed E-state index contributed by atoms with van der Waals surface area (Å²) in [5, 5.41) is 5.58. The third-order valence-corrected chi connectivity index (χ3v) is 2.71. The topological polar surface area (TPSA) is 59.6 Å². The molecule has 1 aromatic rings. The average Bonchev–Trinajstić information content (AvgIpc) is 2.43. The number of methoxy groups -OCH3 is 1. The minimum atomic E-state index is -3.03. The normalized spacial score (nSPS) is 12.1. The molecule has 1 atom stereocenters. The van der Waals surface area contributed by atoms with Crippen molar-refractivity contribution in [2.45, 2.75) is 19.6 Å². The van der Waals surface area contributed by atoms with Gasteiger partial charge in [-0.15, -0.1) is 0 Å². The molecule has 0 saturated heterocycles. The summed E-state index contributed by atoms with van der Waals surface area (Å²) in [5.41, 5.74) is 0.00736. The third-order valence-electron chi connectivity index (χ3n) is 2.71. The molecule has 0 saturated carbocycles. The molecule has 5 nitrogen and oxygen atoms in total. The van der Waals surface area contributed by atoms with Crippen LogP contribution in [0.2, 0.25) is 0 Å². The van der Waals surface area contributed by atoms with Gasteiger partial charge in [-0.3, -0.25) is 4.79 Å². The molecule has 2 N–H and O–H groups in total. The van der Waals surface area contributed by atoms with Crippen LogP contribution in [0.4, 0.5) is 8.78 Å². The van der Waals surface area contributed by atoms with E-state index >= 15 is 0 Å². The highest BCUT2D eigenvalue weighted by molar-refractivity contribution is 5.97. The summed E-state index contributed by atoms with van der Waals surface area (Å²) in [4.78, 5) is 12.0. The Hall–Kier alpha value is -1.89. The molecular weight excluding hydrogens is 270 g/mol. The Morgan fingerprint density at radius 3 is 2.65 bits per heavy atom. The zero-order valence-corrected chi connectivity index (χ0v) is 11.6. The molecule has 0 aliphatic heterocycles. The Balaban J connectivity index is 2.95. The Morgan fingerprint density at radius 1 is 1.40 bits per heavy atom. The number of hydrogen-bond acceptors (Lipinski definition) is 4. The van der Waals surface area contributed by atoms with Gasteiger partial charge >= 0.3 is 6.61 Å². The van der Waals surface area contributed by atoms with Gasteiger partial charge in [-0.2, -0.15) is 8.78 Å². The Morgan fingerprint density at radius 2 is 2.10 bits per heavy atom. The molecule has 1 amide bonds. The second kappa shape index (κ2) is 7.64. The number of halogens is 2. The maximum absolute atomic E-state index is 12.4. The van der Waals surface area contributed by atoms with Crippen LogP contribution < -0.4 is 20.1 Å². The predicted molar refractivity (Wildman–Crippen MR) is 70.5 cm³/mol. The van der Waals surface area contributed by atoms with E-state index in [2.05, 4.69) is 15.4 Å². The molecule has 1 rings (SSSR count). The van der Waals surface area contributed by atoms with E-state index in [0.29, 0.717) is 6.54 Å². The molecule has 0 radical (unpaired) electrons. The van der Waals surface area contributed by atoms with Gasteiger partial charge in [0.2, 0.25) is 0 Å². The SMILES string of the molecule is CNC(C)CNC(=O)c1cccc(OC)c1OC(F)F. The second-order valence-electron chi connectivity index (χ2n) is 4.12. The van der Waals surface area contributed by atoms with E-state index < -0.39 is 12.5 Å². The van der Waals surface area contributed by atoms with Gasteiger partial charge in [-0.1, -0.05) is 6.07 Å². The van der Waals surface area contributed by atoms with Gasteiger partial charge in [0, 0.05) is 12.6 Å². The molecule has 0 bridgehead atoms. The fraction of sp³-hybridized carbons (Fsp3) is 0.462. The molecule has 7 heteroatoms. The minimum absolute atomic E-state index is 0.00736. The van der Waals surface area contributed by atoms with Crippen molar-refractivity contribution in [3.8, 4) is 11.5 Å².